The second-order valence-electron chi connectivity index (χ2n) is 5.63. The Hall–Kier alpha value is -2.85. The van der Waals surface area contributed by atoms with Gasteiger partial charge in [0.05, 0.1) is 24.0 Å². The number of nitrogens with one attached hydrogen (secondary N) is 1. The summed E-state index contributed by atoms with van der Waals surface area (Å²) in [4.78, 5) is 27.8. The van der Waals surface area contributed by atoms with Gasteiger partial charge in [-0.2, -0.15) is 5.26 Å². The number of thioether (sulfide) groups is 1. The lowest BCUT2D eigenvalue weighted by Gasteiger charge is -2.08. The van der Waals surface area contributed by atoms with Gasteiger partial charge in [-0.3, -0.25) is 4.79 Å². The number of rotatable bonds is 6. The first kappa shape index (κ1) is 19.5. The topological polar surface area (TPSA) is 92.1 Å². The van der Waals surface area contributed by atoms with Crippen molar-refractivity contribution in [3.8, 4) is 6.07 Å². The number of nitriles is 1. The maximum atomic E-state index is 12.1. The first-order valence-corrected chi connectivity index (χ1v) is 8.88. The number of nitrogens with zero attached hydrogens (tertiary/aromatic N) is 2. The summed E-state index contributed by atoms with van der Waals surface area (Å²) in [6, 6.07) is 10.8. The van der Waals surface area contributed by atoms with E-state index >= 15 is 0 Å². The third-order valence-corrected chi connectivity index (χ3v) is 4.60. The van der Waals surface area contributed by atoms with E-state index in [1.807, 2.05) is 19.9 Å². The zero-order valence-corrected chi connectivity index (χ0v) is 15.6. The van der Waals surface area contributed by atoms with E-state index in [0.717, 1.165) is 16.8 Å². The van der Waals surface area contributed by atoms with Crippen LogP contribution in [0.3, 0.4) is 0 Å². The van der Waals surface area contributed by atoms with Gasteiger partial charge in [0, 0.05) is 12.2 Å². The monoisotopic (exact) mass is 369 g/mol. The van der Waals surface area contributed by atoms with Crippen LogP contribution in [0, 0.1) is 25.2 Å². The number of carbonyl (C=O) groups is 2. The maximum absolute atomic E-state index is 12.1. The molecular weight excluding hydrogens is 350 g/mol. The highest BCUT2D eigenvalue weighted by molar-refractivity contribution is 8.00. The number of aryl methyl sites for hydroxylation is 2. The third-order valence-electron chi connectivity index (χ3n) is 3.63. The molecule has 0 aliphatic heterocycles. The van der Waals surface area contributed by atoms with Crippen molar-refractivity contribution in [2.75, 3.05) is 12.9 Å². The number of pyridine rings is 1. The lowest BCUT2D eigenvalue weighted by Crippen LogP contribution is -2.24. The molecule has 0 atom stereocenters. The average molecular weight is 369 g/mol. The SMILES string of the molecule is COC(=O)c1ccc(CNC(=O)CSc2nc(C)cc(C)c2C#N)cc1. The molecular formula is C19H19N3O3S. The van der Waals surface area contributed by atoms with Gasteiger partial charge in [-0.15, -0.1) is 0 Å². The minimum atomic E-state index is -0.397. The van der Waals surface area contributed by atoms with Crippen LogP contribution in [-0.4, -0.2) is 29.7 Å². The van der Waals surface area contributed by atoms with Crippen molar-refractivity contribution in [3.63, 3.8) is 0 Å². The van der Waals surface area contributed by atoms with E-state index in [4.69, 9.17) is 0 Å². The number of carbonyl (C=O) groups excluding carboxylic acids is 2. The zero-order valence-electron chi connectivity index (χ0n) is 14.8. The van der Waals surface area contributed by atoms with E-state index < -0.39 is 5.97 Å². The minimum Gasteiger partial charge on any atom is -0.465 e. The van der Waals surface area contributed by atoms with Crippen molar-refractivity contribution in [2.24, 2.45) is 0 Å². The van der Waals surface area contributed by atoms with E-state index in [0.29, 0.717) is 22.7 Å². The molecule has 1 heterocycles. The Kier molecular flexibility index (Phi) is 6.75. The van der Waals surface area contributed by atoms with Gasteiger partial charge < -0.3 is 10.1 Å². The van der Waals surface area contributed by atoms with E-state index in [-0.39, 0.29) is 11.7 Å². The molecule has 7 heteroatoms. The van der Waals surface area contributed by atoms with Crippen molar-refractivity contribution in [1.29, 1.82) is 5.26 Å². The van der Waals surface area contributed by atoms with Gasteiger partial charge in [-0.1, -0.05) is 23.9 Å². The van der Waals surface area contributed by atoms with Gasteiger partial charge in [0.1, 0.15) is 11.1 Å². The Morgan fingerprint density at radius 2 is 1.96 bits per heavy atom. The molecule has 0 spiro atoms. The van der Waals surface area contributed by atoms with Gasteiger partial charge in [-0.05, 0) is 43.2 Å². The summed E-state index contributed by atoms with van der Waals surface area (Å²) in [5.41, 5.74) is 3.51. The molecule has 1 aromatic heterocycles. The first-order valence-electron chi connectivity index (χ1n) is 7.89. The van der Waals surface area contributed by atoms with Gasteiger partial charge in [0.15, 0.2) is 0 Å². The van der Waals surface area contributed by atoms with Crippen LogP contribution in [0.1, 0.15) is 32.7 Å². The molecule has 1 aromatic carbocycles. The predicted molar refractivity (Wildman–Crippen MR) is 98.8 cm³/mol. The molecule has 0 aliphatic carbocycles. The molecule has 0 fully saturated rings. The van der Waals surface area contributed by atoms with Crippen molar-refractivity contribution in [2.45, 2.75) is 25.4 Å². The third kappa shape index (κ3) is 5.07. The summed E-state index contributed by atoms with van der Waals surface area (Å²) >= 11 is 1.25. The van der Waals surface area contributed by atoms with Crippen LogP contribution in [0.5, 0.6) is 0 Å². The van der Waals surface area contributed by atoms with Gasteiger partial charge in [0.2, 0.25) is 5.91 Å². The molecule has 0 aliphatic rings. The van der Waals surface area contributed by atoms with Crippen molar-refractivity contribution < 1.29 is 14.3 Å². The molecule has 1 N–H and O–H groups in total. The molecule has 1 amide bonds. The molecule has 134 valence electrons. The summed E-state index contributed by atoms with van der Waals surface area (Å²) in [6.45, 7) is 4.07. The quantitative estimate of drug-likeness (QED) is 0.622. The summed E-state index contributed by atoms with van der Waals surface area (Å²) in [6.07, 6.45) is 0. The van der Waals surface area contributed by atoms with Gasteiger partial charge in [0.25, 0.3) is 0 Å². The zero-order chi connectivity index (χ0) is 19.1. The van der Waals surface area contributed by atoms with Gasteiger partial charge >= 0.3 is 5.97 Å². The summed E-state index contributed by atoms with van der Waals surface area (Å²) < 4.78 is 4.64. The van der Waals surface area contributed by atoms with Crippen LogP contribution in [0.2, 0.25) is 0 Å². The van der Waals surface area contributed by atoms with Crippen LogP contribution >= 0.6 is 11.8 Å². The second-order valence-corrected chi connectivity index (χ2v) is 6.59. The fraction of sp³-hybridized carbons (Fsp3) is 0.263. The van der Waals surface area contributed by atoms with Crippen LogP contribution in [0.4, 0.5) is 0 Å². The fourth-order valence-electron chi connectivity index (χ4n) is 2.31. The minimum absolute atomic E-state index is 0.156. The normalized spacial score (nSPS) is 10.1. The number of ether oxygens (including phenoxy) is 1. The van der Waals surface area contributed by atoms with Crippen molar-refractivity contribution in [1.82, 2.24) is 10.3 Å². The Balaban J connectivity index is 1.90. The number of esters is 1. The smallest absolute Gasteiger partial charge is 0.337 e. The molecule has 6 nitrogen and oxygen atoms in total. The van der Waals surface area contributed by atoms with E-state index in [2.05, 4.69) is 21.1 Å². The Labute approximate surface area is 156 Å². The van der Waals surface area contributed by atoms with Crippen molar-refractivity contribution >= 4 is 23.6 Å². The van der Waals surface area contributed by atoms with Gasteiger partial charge in [-0.25, -0.2) is 9.78 Å². The molecule has 26 heavy (non-hydrogen) atoms. The molecule has 0 saturated carbocycles. The standard InChI is InChI=1S/C19H19N3O3S/c1-12-8-13(2)22-18(16(12)9-20)26-11-17(23)21-10-14-4-6-15(7-5-14)19(24)25-3/h4-8H,10-11H2,1-3H3,(H,21,23). The van der Waals surface area contributed by atoms with E-state index in [1.165, 1.54) is 18.9 Å². The number of hydrogen-bond donors (Lipinski definition) is 1. The largest absolute Gasteiger partial charge is 0.465 e. The Morgan fingerprint density at radius 1 is 1.27 bits per heavy atom. The predicted octanol–water partition coefficient (Wildman–Crippen LogP) is 2.77. The molecule has 2 rings (SSSR count). The first-order chi connectivity index (χ1) is 12.4. The number of hydrogen-bond acceptors (Lipinski definition) is 6. The highest BCUT2D eigenvalue weighted by atomic mass is 32.2. The lowest BCUT2D eigenvalue weighted by molar-refractivity contribution is -0.118. The van der Waals surface area contributed by atoms with Crippen LogP contribution in [-0.2, 0) is 16.1 Å². The number of benzene rings is 1. The maximum Gasteiger partial charge on any atom is 0.337 e. The Morgan fingerprint density at radius 3 is 2.58 bits per heavy atom. The molecule has 0 radical (unpaired) electrons. The van der Waals surface area contributed by atoms with Crippen LogP contribution in [0.15, 0.2) is 35.4 Å². The highest BCUT2D eigenvalue weighted by Gasteiger charge is 2.11. The summed E-state index contributed by atoms with van der Waals surface area (Å²) in [5, 5.41) is 12.6. The van der Waals surface area contributed by atoms with Crippen LogP contribution in [0.25, 0.3) is 0 Å². The molecule has 0 unspecified atom stereocenters. The fourth-order valence-corrected chi connectivity index (χ4v) is 3.23. The summed E-state index contributed by atoms with van der Waals surface area (Å²) in [7, 11) is 1.33. The second kappa shape index (κ2) is 9.02. The van der Waals surface area contributed by atoms with E-state index in [9.17, 15) is 14.9 Å². The van der Waals surface area contributed by atoms with Crippen molar-refractivity contribution in [3.05, 3.63) is 58.3 Å². The summed E-state index contributed by atoms with van der Waals surface area (Å²) in [5.74, 6) is -0.381. The number of amides is 1. The number of aromatic nitrogens is 1. The molecule has 0 saturated heterocycles. The van der Waals surface area contributed by atoms with Crippen LogP contribution < -0.4 is 5.32 Å². The molecule has 2 aromatic rings. The van der Waals surface area contributed by atoms with E-state index in [1.54, 1.807) is 24.3 Å². The lowest BCUT2D eigenvalue weighted by atomic mass is 10.1. The number of methoxy groups -OCH3 is 1. The average Bonchev–Trinajstić information content (AvgIpc) is 2.64. The molecule has 0 bridgehead atoms. The Bertz CT molecular complexity index is 858. The highest BCUT2D eigenvalue weighted by Crippen LogP contribution is 2.23.